The van der Waals surface area contributed by atoms with E-state index in [1.165, 1.54) is 19.2 Å². The topological polar surface area (TPSA) is 82.2 Å². The molecule has 3 heterocycles. The molecule has 1 atom stereocenters. The van der Waals surface area contributed by atoms with Gasteiger partial charge in [-0.2, -0.15) is 5.10 Å². The lowest BCUT2D eigenvalue weighted by Gasteiger charge is -2.10. The molecule has 0 aromatic carbocycles. The second kappa shape index (κ2) is 5.57. The number of carbonyl (C=O) groups is 1. The van der Waals surface area contributed by atoms with Gasteiger partial charge >= 0.3 is 0 Å². The van der Waals surface area contributed by atoms with Gasteiger partial charge in [0.1, 0.15) is 11.9 Å². The van der Waals surface area contributed by atoms with E-state index in [0.29, 0.717) is 29.8 Å². The first-order valence-corrected chi connectivity index (χ1v) is 7.69. The molecular weight excluding hydrogens is 284 g/mol. The average Bonchev–Trinajstić information content (AvgIpc) is 2.96. The Morgan fingerprint density at radius 3 is 3.09 bits per heavy atom. The molecule has 1 unspecified atom stereocenters. The van der Waals surface area contributed by atoms with E-state index >= 15 is 0 Å². The molecule has 4 rings (SSSR count). The summed E-state index contributed by atoms with van der Waals surface area (Å²) in [5, 5.41) is 7.14. The van der Waals surface area contributed by atoms with Crippen molar-refractivity contribution in [1.82, 2.24) is 14.8 Å². The minimum atomic E-state index is -0.281. The molecule has 2 aromatic rings. The van der Waals surface area contributed by atoms with Gasteiger partial charge < -0.3 is 14.5 Å². The summed E-state index contributed by atoms with van der Waals surface area (Å²) in [5.41, 5.74) is 0.297. The van der Waals surface area contributed by atoms with Crippen molar-refractivity contribution in [2.75, 3.05) is 11.9 Å². The van der Waals surface area contributed by atoms with E-state index in [9.17, 15) is 4.79 Å². The van der Waals surface area contributed by atoms with Crippen LogP contribution >= 0.6 is 0 Å². The van der Waals surface area contributed by atoms with Gasteiger partial charge in [0.05, 0.1) is 6.20 Å². The van der Waals surface area contributed by atoms with Crippen molar-refractivity contribution in [3.63, 3.8) is 0 Å². The van der Waals surface area contributed by atoms with Gasteiger partial charge in [0.2, 0.25) is 0 Å². The molecule has 0 radical (unpaired) electrons. The minimum absolute atomic E-state index is 0.167. The molecule has 7 nitrogen and oxygen atoms in total. The van der Waals surface area contributed by atoms with Crippen molar-refractivity contribution < 1.29 is 13.9 Å². The summed E-state index contributed by atoms with van der Waals surface area (Å²) >= 11 is 0. The zero-order valence-electron chi connectivity index (χ0n) is 12.2. The van der Waals surface area contributed by atoms with Crippen LogP contribution in [-0.2, 0) is 11.3 Å². The number of hydrogen-bond donors (Lipinski definition) is 1. The number of oxazole rings is 1. The predicted octanol–water partition coefficient (Wildman–Crippen LogP) is 2.38. The van der Waals surface area contributed by atoms with E-state index in [2.05, 4.69) is 15.4 Å². The van der Waals surface area contributed by atoms with E-state index in [1.807, 2.05) is 4.68 Å². The Morgan fingerprint density at radius 1 is 1.41 bits per heavy atom. The summed E-state index contributed by atoms with van der Waals surface area (Å²) in [6.07, 6.45) is 7.13. The minimum Gasteiger partial charge on any atom is -0.445 e. The predicted molar refractivity (Wildman–Crippen MR) is 77.3 cm³/mol. The lowest BCUT2D eigenvalue weighted by molar-refractivity contribution is 0.0889. The maximum atomic E-state index is 12.5. The van der Waals surface area contributed by atoms with Crippen LogP contribution in [0.1, 0.15) is 48.0 Å². The summed E-state index contributed by atoms with van der Waals surface area (Å²) in [7, 11) is 0. The van der Waals surface area contributed by atoms with Gasteiger partial charge in [-0.1, -0.05) is 0 Å². The van der Waals surface area contributed by atoms with Crippen LogP contribution in [0.15, 0.2) is 23.1 Å². The highest BCUT2D eigenvalue weighted by Crippen LogP contribution is 2.32. The highest BCUT2D eigenvalue weighted by atomic mass is 16.5. The molecule has 116 valence electrons. The van der Waals surface area contributed by atoms with E-state index < -0.39 is 0 Å². The fourth-order valence-electron chi connectivity index (χ4n) is 2.74. The molecule has 0 spiro atoms. The number of nitrogens with one attached hydrogen (secondary N) is 1. The number of anilines is 1. The Kier molecular flexibility index (Phi) is 3.42. The lowest BCUT2D eigenvalue weighted by Crippen LogP contribution is -2.18. The number of aromatic nitrogens is 3. The maximum absolute atomic E-state index is 12.5. The first-order chi connectivity index (χ1) is 10.8. The van der Waals surface area contributed by atoms with Crippen molar-refractivity contribution in [2.24, 2.45) is 5.92 Å². The SMILES string of the molecule is O=C(Nc1ccnn1CC1CC1)c1ncoc1C1CCCO1. The molecule has 2 aliphatic rings. The van der Waals surface area contributed by atoms with Crippen LogP contribution < -0.4 is 5.32 Å². The zero-order chi connectivity index (χ0) is 14.9. The third-order valence-corrected chi connectivity index (χ3v) is 4.12. The highest BCUT2D eigenvalue weighted by Gasteiger charge is 2.29. The van der Waals surface area contributed by atoms with Crippen LogP contribution in [0, 0.1) is 5.92 Å². The van der Waals surface area contributed by atoms with E-state index in [-0.39, 0.29) is 12.0 Å². The molecule has 1 amide bonds. The molecule has 1 N–H and O–H groups in total. The Morgan fingerprint density at radius 2 is 2.32 bits per heavy atom. The van der Waals surface area contributed by atoms with E-state index in [0.717, 1.165) is 19.4 Å². The second-order valence-electron chi connectivity index (χ2n) is 5.86. The van der Waals surface area contributed by atoms with Gasteiger partial charge in [-0.15, -0.1) is 0 Å². The second-order valence-corrected chi connectivity index (χ2v) is 5.86. The van der Waals surface area contributed by atoms with E-state index in [1.54, 1.807) is 12.3 Å². The van der Waals surface area contributed by atoms with Crippen LogP contribution in [0.2, 0.25) is 0 Å². The van der Waals surface area contributed by atoms with Crippen LogP contribution in [0.25, 0.3) is 0 Å². The molecule has 1 saturated carbocycles. The summed E-state index contributed by atoms with van der Waals surface area (Å²) in [5.74, 6) is 1.61. The maximum Gasteiger partial charge on any atom is 0.279 e. The summed E-state index contributed by atoms with van der Waals surface area (Å²) < 4.78 is 12.8. The van der Waals surface area contributed by atoms with Gasteiger partial charge in [0, 0.05) is 19.2 Å². The Hall–Kier alpha value is -2.15. The van der Waals surface area contributed by atoms with Crippen LogP contribution in [0.5, 0.6) is 0 Å². The molecule has 0 bridgehead atoms. The standard InChI is InChI=1S/C15H18N4O3/c20-15(13-14(22-9-16-13)11-2-1-7-21-11)18-12-5-6-17-19(12)8-10-3-4-10/h5-6,9-11H,1-4,7-8H2,(H,18,20). The quantitative estimate of drug-likeness (QED) is 0.917. The molecule has 22 heavy (non-hydrogen) atoms. The Balaban J connectivity index is 1.50. The molecular formula is C15H18N4O3. The number of rotatable bonds is 5. The fraction of sp³-hybridized carbons (Fsp3) is 0.533. The third-order valence-electron chi connectivity index (χ3n) is 4.12. The number of carbonyl (C=O) groups excluding carboxylic acids is 1. The summed E-state index contributed by atoms with van der Waals surface area (Å²) in [6, 6.07) is 1.80. The zero-order valence-corrected chi connectivity index (χ0v) is 12.2. The first kappa shape index (κ1) is 13.5. The lowest BCUT2D eigenvalue weighted by atomic mass is 10.1. The third kappa shape index (κ3) is 2.64. The van der Waals surface area contributed by atoms with Gasteiger partial charge in [-0.3, -0.25) is 4.79 Å². The largest absolute Gasteiger partial charge is 0.445 e. The fourth-order valence-corrected chi connectivity index (χ4v) is 2.74. The molecule has 1 aliphatic carbocycles. The number of ether oxygens (including phenoxy) is 1. The monoisotopic (exact) mass is 302 g/mol. The van der Waals surface area contributed by atoms with Gasteiger partial charge in [-0.05, 0) is 31.6 Å². The van der Waals surface area contributed by atoms with Crippen LogP contribution in [0.4, 0.5) is 5.82 Å². The summed E-state index contributed by atoms with van der Waals surface area (Å²) in [4.78, 5) is 16.5. The van der Waals surface area contributed by atoms with Crippen molar-refractivity contribution >= 4 is 11.7 Å². The van der Waals surface area contributed by atoms with Crippen LogP contribution in [-0.4, -0.2) is 27.3 Å². The molecule has 1 aliphatic heterocycles. The average molecular weight is 302 g/mol. The number of nitrogens with zero attached hydrogens (tertiary/aromatic N) is 3. The molecule has 2 aromatic heterocycles. The number of hydrogen-bond acceptors (Lipinski definition) is 5. The van der Waals surface area contributed by atoms with Crippen LogP contribution in [0.3, 0.4) is 0 Å². The first-order valence-electron chi connectivity index (χ1n) is 7.69. The Bertz CT molecular complexity index is 668. The number of amides is 1. The molecule has 2 fully saturated rings. The van der Waals surface area contributed by atoms with Crippen molar-refractivity contribution in [3.05, 3.63) is 30.1 Å². The van der Waals surface area contributed by atoms with Crippen molar-refractivity contribution in [1.29, 1.82) is 0 Å². The van der Waals surface area contributed by atoms with Crippen molar-refractivity contribution in [3.8, 4) is 0 Å². The molecule has 7 heteroatoms. The van der Waals surface area contributed by atoms with E-state index in [4.69, 9.17) is 9.15 Å². The van der Waals surface area contributed by atoms with Gasteiger partial charge in [0.25, 0.3) is 5.91 Å². The smallest absolute Gasteiger partial charge is 0.279 e. The van der Waals surface area contributed by atoms with Crippen molar-refractivity contribution in [2.45, 2.75) is 38.3 Å². The Labute approximate surface area is 127 Å². The molecule has 1 saturated heterocycles. The van der Waals surface area contributed by atoms with Gasteiger partial charge in [-0.25, -0.2) is 9.67 Å². The van der Waals surface area contributed by atoms with Gasteiger partial charge in [0.15, 0.2) is 17.8 Å². The summed E-state index contributed by atoms with van der Waals surface area (Å²) in [6.45, 7) is 1.54. The highest BCUT2D eigenvalue weighted by molar-refractivity contribution is 6.03. The normalized spacial score (nSPS) is 21.2.